The maximum Gasteiger partial charge on any atom is 0.224 e. The topological polar surface area (TPSA) is 104 Å². The molecule has 2 aromatic carbocycles. The number of nitrogens with one attached hydrogen (secondary N) is 1. The van der Waals surface area contributed by atoms with Crippen molar-refractivity contribution in [2.45, 2.75) is 39.4 Å². The highest BCUT2D eigenvalue weighted by Gasteiger charge is 2.30. The van der Waals surface area contributed by atoms with Crippen molar-refractivity contribution < 1.29 is 14.3 Å². The van der Waals surface area contributed by atoms with Gasteiger partial charge in [0.25, 0.3) is 0 Å². The van der Waals surface area contributed by atoms with E-state index in [0.29, 0.717) is 36.0 Å². The van der Waals surface area contributed by atoms with Crippen LogP contribution < -0.4 is 15.8 Å². The van der Waals surface area contributed by atoms with Crippen LogP contribution in [0.5, 0.6) is 11.5 Å². The summed E-state index contributed by atoms with van der Waals surface area (Å²) in [4.78, 5) is 20.5. The highest BCUT2D eigenvalue weighted by atomic mass is 16.5. The normalized spacial score (nSPS) is 14.9. The minimum absolute atomic E-state index is 0.00738. The smallest absolute Gasteiger partial charge is 0.224 e. The second-order valence-electron chi connectivity index (χ2n) is 8.03. The number of ether oxygens (including phenoxy) is 2. The van der Waals surface area contributed by atoms with Crippen molar-refractivity contribution in [1.29, 1.82) is 0 Å². The quantitative estimate of drug-likeness (QED) is 0.428. The van der Waals surface area contributed by atoms with Crippen molar-refractivity contribution in [1.82, 2.24) is 14.5 Å². The molecule has 0 saturated heterocycles. The van der Waals surface area contributed by atoms with Crippen LogP contribution in [0.2, 0.25) is 0 Å². The Bertz CT molecular complexity index is 1330. The Morgan fingerprint density at radius 1 is 1.21 bits per heavy atom. The van der Waals surface area contributed by atoms with Crippen molar-refractivity contribution in [2.75, 3.05) is 11.1 Å². The summed E-state index contributed by atoms with van der Waals surface area (Å²) in [5.41, 5.74) is 11.6. The summed E-state index contributed by atoms with van der Waals surface area (Å²) in [6, 6.07) is 15.1. The van der Waals surface area contributed by atoms with E-state index in [4.69, 9.17) is 15.2 Å². The van der Waals surface area contributed by atoms with Gasteiger partial charge in [-0.05, 0) is 49.7 Å². The van der Waals surface area contributed by atoms with Gasteiger partial charge in [0.1, 0.15) is 28.9 Å². The number of benzene rings is 2. The van der Waals surface area contributed by atoms with Gasteiger partial charge in [0, 0.05) is 29.4 Å². The third kappa shape index (κ3) is 3.89. The van der Waals surface area contributed by atoms with Crippen LogP contribution in [0, 0.1) is 0 Å². The van der Waals surface area contributed by atoms with Gasteiger partial charge in [-0.2, -0.15) is 0 Å². The lowest BCUT2D eigenvalue weighted by atomic mass is 10.1. The molecular formula is C25H25N5O3. The van der Waals surface area contributed by atoms with Gasteiger partial charge < -0.3 is 25.1 Å². The monoisotopic (exact) mass is 443 g/mol. The number of carbonyl (C=O) groups is 1. The first-order valence-corrected chi connectivity index (χ1v) is 11.0. The Morgan fingerprint density at radius 2 is 2.03 bits per heavy atom. The lowest BCUT2D eigenvalue weighted by molar-refractivity contribution is -0.116. The van der Waals surface area contributed by atoms with Crippen molar-refractivity contribution in [3.05, 3.63) is 66.1 Å². The Kier molecular flexibility index (Phi) is 5.43. The van der Waals surface area contributed by atoms with E-state index in [1.165, 1.54) is 6.33 Å². The van der Waals surface area contributed by atoms with Crippen LogP contribution in [0.1, 0.15) is 44.1 Å². The van der Waals surface area contributed by atoms with Gasteiger partial charge in [0.2, 0.25) is 5.91 Å². The molecule has 1 aliphatic rings. The molecule has 0 spiro atoms. The molecule has 3 N–H and O–H groups in total. The summed E-state index contributed by atoms with van der Waals surface area (Å²) in [7, 11) is 0. The molecule has 2 aromatic heterocycles. The molecule has 8 nitrogen and oxygen atoms in total. The summed E-state index contributed by atoms with van der Waals surface area (Å²) in [5.74, 6) is 1.75. The number of nitrogens with zero attached hydrogens (tertiary/aromatic N) is 3. The van der Waals surface area contributed by atoms with Crippen LogP contribution in [0.3, 0.4) is 0 Å². The maximum absolute atomic E-state index is 11.9. The zero-order chi connectivity index (χ0) is 22.9. The molecule has 33 heavy (non-hydrogen) atoms. The summed E-state index contributed by atoms with van der Waals surface area (Å²) >= 11 is 0. The van der Waals surface area contributed by atoms with E-state index in [1.54, 1.807) is 0 Å². The summed E-state index contributed by atoms with van der Waals surface area (Å²) in [6.45, 7) is 4.48. The van der Waals surface area contributed by atoms with Crippen molar-refractivity contribution in [3.8, 4) is 17.2 Å². The molecule has 3 heterocycles. The van der Waals surface area contributed by atoms with E-state index in [0.717, 1.165) is 34.4 Å². The number of hydrogen-bond acceptors (Lipinski definition) is 6. The van der Waals surface area contributed by atoms with E-state index in [-0.39, 0.29) is 12.0 Å². The molecule has 5 rings (SSSR count). The molecule has 0 fully saturated rings. The fourth-order valence-corrected chi connectivity index (χ4v) is 4.23. The number of anilines is 2. The van der Waals surface area contributed by atoms with E-state index in [2.05, 4.69) is 19.9 Å². The molecular weight excluding hydrogens is 418 g/mol. The first-order valence-electron chi connectivity index (χ1n) is 11.0. The molecule has 4 aromatic rings. The number of hydrogen-bond donors (Lipinski definition) is 2. The van der Waals surface area contributed by atoms with Gasteiger partial charge in [-0.25, -0.2) is 9.97 Å². The maximum atomic E-state index is 11.9. The highest BCUT2D eigenvalue weighted by molar-refractivity contribution is 5.92. The molecule has 168 valence electrons. The zero-order valence-electron chi connectivity index (χ0n) is 18.5. The van der Waals surface area contributed by atoms with Gasteiger partial charge in [-0.1, -0.05) is 13.0 Å². The first kappa shape index (κ1) is 21.0. The fraction of sp³-hybridized carbons (Fsp3) is 0.240. The number of aromatic nitrogens is 3. The SMILES string of the molecule is CCCC(=O)Nc1cccc(Oc2ccc(-n3c4c(c5ncnc(N)c53)C(C)OC4)cc2)c1. The largest absolute Gasteiger partial charge is 0.457 e. The second kappa shape index (κ2) is 8.55. The third-order valence-electron chi connectivity index (χ3n) is 5.71. The third-order valence-corrected chi connectivity index (χ3v) is 5.71. The predicted octanol–water partition coefficient (Wildman–Crippen LogP) is 5.12. The van der Waals surface area contributed by atoms with Crippen LogP contribution >= 0.6 is 0 Å². The molecule has 1 unspecified atom stereocenters. The minimum atomic E-state index is -0.0502. The van der Waals surface area contributed by atoms with Gasteiger partial charge in [0.05, 0.1) is 18.4 Å². The number of nitrogen functional groups attached to an aromatic ring is 1. The van der Waals surface area contributed by atoms with Crippen LogP contribution in [-0.2, 0) is 16.1 Å². The number of rotatable bonds is 6. The van der Waals surface area contributed by atoms with Gasteiger partial charge >= 0.3 is 0 Å². The summed E-state index contributed by atoms with van der Waals surface area (Å²) in [6.07, 6.45) is 2.73. The summed E-state index contributed by atoms with van der Waals surface area (Å²) < 4.78 is 13.9. The Labute approximate surface area is 191 Å². The lowest BCUT2D eigenvalue weighted by Crippen LogP contribution is -2.10. The van der Waals surface area contributed by atoms with E-state index in [9.17, 15) is 4.79 Å². The van der Waals surface area contributed by atoms with Crippen molar-refractivity contribution >= 4 is 28.4 Å². The predicted molar refractivity (Wildman–Crippen MR) is 127 cm³/mol. The fourth-order valence-electron chi connectivity index (χ4n) is 4.23. The van der Waals surface area contributed by atoms with Crippen molar-refractivity contribution in [2.24, 2.45) is 0 Å². The molecule has 1 aliphatic heterocycles. The Morgan fingerprint density at radius 3 is 2.82 bits per heavy atom. The van der Waals surface area contributed by atoms with E-state index < -0.39 is 0 Å². The molecule has 1 amide bonds. The molecule has 0 radical (unpaired) electrons. The summed E-state index contributed by atoms with van der Waals surface area (Å²) in [5, 5.41) is 2.89. The lowest BCUT2D eigenvalue weighted by Gasteiger charge is -2.12. The minimum Gasteiger partial charge on any atom is -0.457 e. The second-order valence-corrected chi connectivity index (χ2v) is 8.03. The van der Waals surface area contributed by atoms with Crippen LogP contribution in [0.25, 0.3) is 16.7 Å². The van der Waals surface area contributed by atoms with Gasteiger partial charge in [-0.15, -0.1) is 0 Å². The number of amides is 1. The average molecular weight is 444 g/mol. The standard InChI is InChI=1S/C25H25N5O3/c1-3-5-21(31)29-16-6-4-7-19(12-16)33-18-10-8-17(9-11-18)30-20-13-32-15(2)22(20)23-24(30)25(26)28-14-27-23/h4,6-12,14-15H,3,5,13H2,1-2H3,(H,29,31)(H2,26,27,28). The number of fused-ring (bicyclic) bond motifs is 3. The van der Waals surface area contributed by atoms with Gasteiger partial charge in [0.15, 0.2) is 5.82 Å². The van der Waals surface area contributed by atoms with Gasteiger partial charge in [-0.3, -0.25) is 4.79 Å². The number of nitrogens with two attached hydrogens (primary N) is 1. The Hall–Kier alpha value is -3.91. The van der Waals surface area contributed by atoms with Crippen LogP contribution in [0.4, 0.5) is 11.5 Å². The highest BCUT2D eigenvalue weighted by Crippen LogP contribution is 2.40. The molecule has 0 aliphatic carbocycles. The molecule has 8 heteroatoms. The molecule has 0 bridgehead atoms. The molecule has 1 atom stereocenters. The van der Waals surface area contributed by atoms with E-state index in [1.807, 2.05) is 62.4 Å². The van der Waals surface area contributed by atoms with E-state index >= 15 is 0 Å². The number of carbonyl (C=O) groups excluding carboxylic acids is 1. The zero-order valence-corrected chi connectivity index (χ0v) is 18.5. The Balaban J connectivity index is 1.43. The molecule has 0 saturated carbocycles. The van der Waals surface area contributed by atoms with Crippen molar-refractivity contribution in [3.63, 3.8) is 0 Å². The first-order chi connectivity index (χ1) is 16.0. The van der Waals surface area contributed by atoms with Crippen LogP contribution in [-0.4, -0.2) is 20.4 Å². The van der Waals surface area contributed by atoms with Crippen LogP contribution in [0.15, 0.2) is 54.9 Å². The average Bonchev–Trinajstić information content (AvgIpc) is 3.34.